The molecule has 1 unspecified atom stereocenters. The van der Waals surface area contributed by atoms with Crippen LogP contribution in [0.5, 0.6) is 5.75 Å². The Bertz CT molecular complexity index is 361. The largest absolute Gasteiger partial charge is 0.494 e. The first-order valence-electron chi connectivity index (χ1n) is 6.94. The molecule has 0 saturated heterocycles. The highest BCUT2D eigenvalue weighted by atomic mass is 16.7. The van der Waals surface area contributed by atoms with E-state index in [2.05, 4.69) is 18.5 Å². The highest BCUT2D eigenvalue weighted by Crippen LogP contribution is 2.26. The Morgan fingerprint density at radius 2 is 2.00 bits per heavy atom. The molecule has 3 nitrogen and oxygen atoms in total. The lowest BCUT2D eigenvalue weighted by molar-refractivity contribution is -0.0380. The Labute approximate surface area is 109 Å². The van der Waals surface area contributed by atoms with Crippen LogP contribution in [0, 0.1) is 0 Å². The van der Waals surface area contributed by atoms with Crippen molar-refractivity contribution in [3.8, 4) is 5.75 Å². The van der Waals surface area contributed by atoms with Crippen LogP contribution >= 0.6 is 0 Å². The van der Waals surface area contributed by atoms with Crippen LogP contribution in [0.3, 0.4) is 0 Å². The van der Waals surface area contributed by atoms with Crippen molar-refractivity contribution in [2.45, 2.75) is 51.7 Å². The van der Waals surface area contributed by atoms with Crippen LogP contribution < -0.4 is 10.2 Å². The number of nitrogens with one attached hydrogen (secondary N) is 1. The predicted molar refractivity (Wildman–Crippen MR) is 72.5 cm³/mol. The molecule has 0 amide bonds. The molecule has 100 valence electrons. The second kappa shape index (κ2) is 6.76. The summed E-state index contributed by atoms with van der Waals surface area (Å²) in [5.74, 6) is 0.940. The van der Waals surface area contributed by atoms with Gasteiger partial charge in [0, 0.05) is 5.56 Å². The van der Waals surface area contributed by atoms with E-state index >= 15 is 0 Å². The number of benzene rings is 1. The zero-order chi connectivity index (χ0) is 12.8. The Morgan fingerprint density at radius 1 is 1.28 bits per heavy atom. The van der Waals surface area contributed by atoms with Crippen molar-refractivity contribution in [3.05, 3.63) is 29.8 Å². The maximum absolute atomic E-state index is 5.75. The van der Waals surface area contributed by atoms with Crippen LogP contribution in [0.2, 0.25) is 0 Å². The van der Waals surface area contributed by atoms with Gasteiger partial charge < -0.3 is 4.74 Å². The number of hydroxylamine groups is 1. The number of rotatable bonds is 6. The smallest absolute Gasteiger partial charge is 0.124 e. The fraction of sp³-hybridized carbons (Fsp3) is 0.600. The van der Waals surface area contributed by atoms with E-state index in [1.807, 2.05) is 25.1 Å². The molecule has 0 spiro atoms. The van der Waals surface area contributed by atoms with Gasteiger partial charge in [0.1, 0.15) is 5.75 Å². The molecule has 1 aliphatic rings. The van der Waals surface area contributed by atoms with E-state index in [1.165, 1.54) is 25.7 Å². The standard InChI is InChI=1S/C15H23NO2/c1-3-17-15-11-7-6-10-14(15)12(2)16-18-13-8-4-5-9-13/h6-7,10-13,16H,3-5,8-9H2,1-2H3. The summed E-state index contributed by atoms with van der Waals surface area (Å²) in [5.41, 5.74) is 4.31. The molecule has 3 heteroatoms. The van der Waals surface area contributed by atoms with Gasteiger partial charge in [-0.05, 0) is 32.8 Å². The molecule has 2 rings (SSSR count). The van der Waals surface area contributed by atoms with Crippen LogP contribution in [0.25, 0.3) is 0 Å². The molecule has 1 atom stereocenters. The van der Waals surface area contributed by atoms with Gasteiger partial charge in [-0.15, -0.1) is 0 Å². The van der Waals surface area contributed by atoms with Gasteiger partial charge in [-0.3, -0.25) is 4.84 Å². The first kappa shape index (κ1) is 13.4. The molecule has 1 aliphatic carbocycles. The van der Waals surface area contributed by atoms with Crippen LogP contribution in [0.15, 0.2) is 24.3 Å². The van der Waals surface area contributed by atoms with E-state index in [1.54, 1.807) is 0 Å². The Kier molecular flexibility index (Phi) is 5.02. The molecule has 0 radical (unpaired) electrons. The highest BCUT2D eigenvalue weighted by Gasteiger charge is 2.18. The third kappa shape index (κ3) is 3.47. The third-order valence-corrected chi connectivity index (χ3v) is 3.40. The van der Waals surface area contributed by atoms with Gasteiger partial charge in [-0.1, -0.05) is 31.0 Å². The fourth-order valence-electron chi connectivity index (χ4n) is 2.39. The summed E-state index contributed by atoms with van der Waals surface area (Å²) in [5, 5.41) is 0. The summed E-state index contributed by atoms with van der Waals surface area (Å²) >= 11 is 0. The van der Waals surface area contributed by atoms with E-state index in [9.17, 15) is 0 Å². The lowest BCUT2D eigenvalue weighted by Gasteiger charge is -2.20. The van der Waals surface area contributed by atoms with E-state index in [0.29, 0.717) is 12.7 Å². The first-order valence-corrected chi connectivity index (χ1v) is 6.94. The second-order valence-electron chi connectivity index (χ2n) is 4.83. The lowest BCUT2D eigenvalue weighted by Crippen LogP contribution is -2.25. The third-order valence-electron chi connectivity index (χ3n) is 3.40. The molecule has 1 aromatic carbocycles. The molecule has 18 heavy (non-hydrogen) atoms. The van der Waals surface area contributed by atoms with Crippen molar-refractivity contribution < 1.29 is 9.57 Å². The van der Waals surface area contributed by atoms with Gasteiger partial charge in [-0.2, -0.15) is 5.48 Å². The summed E-state index contributed by atoms with van der Waals surface area (Å²) in [6, 6.07) is 8.27. The van der Waals surface area contributed by atoms with Gasteiger partial charge in [0.2, 0.25) is 0 Å². The minimum Gasteiger partial charge on any atom is -0.494 e. The number of hydrogen-bond acceptors (Lipinski definition) is 3. The minimum atomic E-state index is 0.147. The van der Waals surface area contributed by atoms with Crippen LogP contribution in [0.1, 0.15) is 51.1 Å². The maximum atomic E-state index is 5.75. The number of para-hydroxylation sites is 1. The zero-order valence-corrected chi connectivity index (χ0v) is 11.3. The number of ether oxygens (including phenoxy) is 1. The SMILES string of the molecule is CCOc1ccccc1C(C)NOC1CCCC1. The zero-order valence-electron chi connectivity index (χ0n) is 11.3. The number of hydrogen-bond donors (Lipinski definition) is 1. The lowest BCUT2D eigenvalue weighted by atomic mass is 10.1. The Balaban J connectivity index is 1.92. The van der Waals surface area contributed by atoms with Gasteiger partial charge in [0.25, 0.3) is 0 Å². The van der Waals surface area contributed by atoms with Gasteiger partial charge >= 0.3 is 0 Å². The topological polar surface area (TPSA) is 30.5 Å². The van der Waals surface area contributed by atoms with Crippen molar-refractivity contribution >= 4 is 0 Å². The van der Waals surface area contributed by atoms with Crippen molar-refractivity contribution in [3.63, 3.8) is 0 Å². The van der Waals surface area contributed by atoms with Crippen LogP contribution in [0.4, 0.5) is 0 Å². The molecule has 1 fully saturated rings. The Morgan fingerprint density at radius 3 is 2.72 bits per heavy atom. The highest BCUT2D eigenvalue weighted by molar-refractivity contribution is 5.35. The maximum Gasteiger partial charge on any atom is 0.124 e. The summed E-state index contributed by atoms with van der Waals surface area (Å²) in [6.45, 7) is 4.80. The molecule has 0 aliphatic heterocycles. The van der Waals surface area contributed by atoms with Crippen molar-refractivity contribution in [2.24, 2.45) is 0 Å². The molecule has 1 N–H and O–H groups in total. The summed E-state index contributed by atoms with van der Waals surface area (Å²) < 4.78 is 5.63. The minimum absolute atomic E-state index is 0.147. The molecule has 0 aromatic heterocycles. The van der Waals surface area contributed by atoms with Crippen molar-refractivity contribution in [2.75, 3.05) is 6.61 Å². The van der Waals surface area contributed by atoms with E-state index in [4.69, 9.17) is 9.57 Å². The van der Waals surface area contributed by atoms with Crippen molar-refractivity contribution in [1.29, 1.82) is 0 Å². The van der Waals surface area contributed by atoms with E-state index < -0.39 is 0 Å². The van der Waals surface area contributed by atoms with Gasteiger partial charge in [0.05, 0.1) is 18.8 Å². The fourth-order valence-corrected chi connectivity index (χ4v) is 2.39. The molecular weight excluding hydrogens is 226 g/mol. The average Bonchev–Trinajstić information content (AvgIpc) is 2.90. The Hall–Kier alpha value is -1.06. The van der Waals surface area contributed by atoms with Crippen molar-refractivity contribution in [1.82, 2.24) is 5.48 Å². The predicted octanol–water partition coefficient (Wildman–Crippen LogP) is 3.61. The monoisotopic (exact) mass is 249 g/mol. The molecule has 1 aromatic rings. The van der Waals surface area contributed by atoms with E-state index in [0.717, 1.165) is 11.3 Å². The normalized spacial score (nSPS) is 17.9. The van der Waals surface area contributed by atoms with Crippen LogP contribution in [-0.2, 0) is 4.84 Å². The quantitative estimate of drug-likeness (QED) is 0.781. The first-order chi connectivity index (χ1) is 8.81. The van der Waals surface area contributed by atoms with Gasteiger partial charge in [0.15, 0.2) is 0 Å². The van der Waals surface area contributed by atoms with Crippen LogP contribution in [-0.4, -0.2) is 12.7 Å². The second-order valence-corrected chi connectivity index (χ2v) is 4.83. The average molecular weight is 249 g/mol. The van der Waals surface area contributed by atoms with Gasteiger partial charge in [-0.25, -0.2) is 0 Å². The summed E-state index contributed by atoms with van der Waals surface area (Å²) in [7, 11) is 0. The molecule has 0 heterocycles. The van der Waals surface area contributed by atoms with E-state index in [-0.39, 0.29) is 6.04 Å². The molecule has 1 saturated carbocycles. The molecular formula is C15H23NO2. The summed E-state index contributed by atoms with van der Waals surface area (Å²) in [6.07, 6.45) is 5.30. The molecule has 0 bridgehead atoms. The summed E-state index contributed by atoms with van der Waals surface area (Å²) in [4.78, 5) is 5.75.